The van der Waals surface area contributed by atoms with Gasteiger partial charge in [-0.3, -0.25) is 18.6 Å². The number of phosphoric ester groups is 1. The number of hydrogen-bond donors (Lipinski definition) is 2. The number of unbranched alkanes of at least 4 members (excludes halogenated alkanes) is 14. The second kappa shape index (κ2) is 35.8. The molecule has 49 heavy (non-hydrogen) atoms. The van der Waals surface area contributed by atoms with Crippen molar-refractivity contribution in [3.8, 4) is 0 Å². The Morgan fingerprint density at radius 1 is 0.633 bits per heavy atom. The average molecular weight is 712 g/mol. The summed E-state index contributed by atoms with van der Waals surface area (Å²) in [5, 5.41) is 0. The number of carbonyl (C=O) groups is 2. The lowest BCUT2D eigenvalue weighted by Crippen LogP contribution is -2.29. The number of rotatable bonds is 35. The quantitative estimate of drug-likeness (QED) is 0.0285. The van der Waals surface area contributed by atoms with Crippen LogP contribution in [0.4, 0.5) is 0 Å². The van der Waals surface area contributed by atoms with Gasteiger partial charge in [0.1, 0.15) is 6.61 Å². The highest BCUT2D eigenvalue weighted by atomic mass is 31.2. The maximum atomic E-state index is 12.5. The highest BCUT2D eigenvalue weighted by Gasteiger charge is 2.25. The zero-order valence-electron chi connectivity index (χ0n) is 30.9. The van der Waals surface area contributed by atoms with Crippen molar-refractivity contribution in [2.45, 2.75) is 161 Å². The minimum absolute atomic E-state index is 0.0479. The van der Waals surface area contributed by atoms with Gasteiger partial charge in [0, 0.05) is 19.4 Å². The molecule has 10 heteroatoms. The number of ether oxygens (including phenoxy) is 2. The van der Waals surface area contributed by atoms with Crippen molar-refractivity contribution in [1.29, 1.82) is 0 Å². The number of esters is 2. The van der Waals surface area contributed by atoms with Gasteiger partial charge in [0.2, 0.25) is 0 Å². The number of hydrogen-bond acceptors (Lipinski definition) is 8. The predicted octanol–water partition coefficient (Wildman–Crippen LogP) is 10.4. The van der Waals surface area contributed by atoms with Gasteiger partial charge in [-0.2, -0.15) is 0 Å². The molecule has 0 fully saturated rings. The molecule has 0 radical (unpaired) electrons. The maximum absolute atomic E-state index is 12.5. The van der Waals surface area contributed by atoms with Crippen LogP contribution >= 0.6 is 7.82 Å². The van der Waals surface area contributed by atoms with Crippen LogP contribution < -0.4 is 5.73 Å². The van der Waals surface area contributed by atoms with Crippen LogP contribution in [0.5, 0.6) is 0 Å². The van der Waals surface area contributed by atoms with Crippen molar-refractivity contribution in [3.63, 3.8) is 0 Å². The fraction of sp³-hybridized carbons (Fsp3) is 0.744. The zero-order valence-corrected chi connectivity index (χ0v) is 31.8. The number of nitrogens with two attached hydrogens (primary N) is 1. The lowest BCUT2D eigenvalue weighted by molar-refractivity contribution is -0.161. The van der Waals surface area contributed by atoms with Crippen LogP contribution in [0.1, 0.15) is 155 Å². The minimum atomic E-state index is -4.38. The fourth-order valence-electron chi connectivity index (χ4n) is 4.88. The number of phosphoric acid groups is 1. The summed E-state index contributed by atoms with van der Waals surface area (Å²) in [5.41, 5.74) is 5.33. The molecule has 0 aromatic rings. The summed E-state index contributed by atoms with van der Waals surface area (Å²) in [7, 11) is -4.38. The first kappa shape index (κ1) is 47.0. The summed E-state index contributed by atoms with van der Waals surface area (Å²) in [5.74, 6) is -0.863. The Kier molecular flexibility index (Phi) is 34.3. The number of allylic oxidation sites excluding steroid dienone is 8. The van der Waals surface area contributed by atoms with Crippen LogP contribution in [-0.4, -0.2) is 49.3 Å². The molecule has 3 N–H and O–H groups in total. The molecule has 0 aromatic carbocycles. The zero-order chi connectivity index (χ0) is 36.1. The first-order chi connectivity index (χ1) is 23.8. The molecule has 0 aliphatic carbocycles. The Morgan fingerprint density at radius 3 is 1.69 bits per heavy atom. The van der Waals surface area contributed by atoms with Gasteiger partial charge in [0.05, 0.1) is 13.2 Å². The molecule has 9 nitrogen and oxygen atoms in total. The summed E-state index contributed by atoms with van der Waals surface area (Å²) in [6.07, 6.45) is 38.5. The lowest BCUT2D eigenvalue weighted by Gasteiger charge is -2.19. The van der Waals surface area contributed by atoms with Crippen LogP contribution in [0.15, 0.2) is 48.6 Å². The highest BCUT2D eigenvalue weighted by Crippen LogP contribution is 2.43. The first-order valence-electron chi connectivity index (χ1n) is 19.1. The molecule has 284 valence electrons. The summed E-state index contributed by atoms with van der Waals surface area (Å²) in [4.78, 5) is 34.7. The van der Waals surface area contributed by atoms with Gasteiger partial charge in [0.25, 0.3) is 0 Å². The van der Waals surface area contributed by atoms with Crippen LogP contribution in [0.3, 0.4) is 0 Å². The van der Waals surface area contributed by atoms with E-state index >= 15 is 0 Å². The van der Waals surface area contributed by atoms with E-state index in [1.54, 1.807) is 0 Å². The third-order valence-corrected chi connectivity index (χ3v) is 8.68. The summed E-state index contributed by atoms with van der Waals surface area (Å²) >= 11 is 0. The van der Waals surface area contributed by atoms with Crippen LogP contribution in [-0.2, 0) is 32.7 Å². The molecule has 0 amide bonds. The summed E-state index contributed by atoms with van der Waals surface area (Å²) in [6, 6.07) is 0. The van der Waals surface area contributed by atoms with Gasteiger partial charge in [0.15, 0.2) is 6.10 Å². The SMILES string of the molecule is CCC=CCC=CCC=CCCCCCCCC(=O)OC[C@H](COP(=O)(O)OCCN)OC(=O)CCCCCCCC=CCCCCCC. The van der Waals surface area contributed by atoms with Gasteiger partial charge in [-0.05, 0) is 70.6 Å². The van der Waals surface area contributed by atoms with Gasteiger partial charge in [-0.1, -0.05) is 120 Å². The molecule has 2 atom stereocenters. The molecule has 0 aliphatic rings. The van der Waals surface area contributed by atoms with Crippen molar-refractivity contribution in [2.24, 2.45) is 5.73 Å². The van der Waals surface area contributed by atoms with E-state index in [0.717, 1.165) is 83.5 Å². The molecular formula is C39H70NO8P. The molecule has 0 aromatic heterocycles. The normalized spacial score (nSPS) is 14.0. The van der Waals surface area contributed by atoms with Gasteiger partial charge in [-0.15, -0.1) is 0 Å². The Balaban J connectivity index is 4.27. The van der Waals surface area contributed by atoms with Crippen LogP contribution in [0.25, 0.3) is 0 Å². The second-order valence-electron chi connectivity index (χ2n) is 12.4. The molecule has 0 heterocycles. The fourth-order valence-corrected chi connectivity index (χ4v) is 5.64. The van der Waals surface area contributed by atoms with E-state index in [1.165, 1.54) is 32.1 Å². The molecule has 0 bridgehead atoms. The van der Waals surface area contributed by atoms with E-state index in [2.05, 4.69) is 62.5 Å². The Morgan fingerprint density at radius 2 is 1.12 bits per heavy atom. The topological polar surface area (TPSA) is 134 Å². The summed E-state index contributed by atoms with van der Waals surface area (Å²) in [6.45, 7) is 3.55. The monoisotopic (exact) mass is 711 g/mol. The first-order valence-corrected chi connectivity index (χ1v) is 20.6. The van der Waals surface area contributed by atoms with Gasteiger partial charge < -0.3 is 20.1 Å². The lowest BCUT2D eigenvalue weighted by atomic mass is 10.1. The van der Waals surface area contributed by atoms with Crippen LogP contribution in [0.2, 0.25) is 0 Å². The van der Waals surface area contributed by atoms with Crippen LogP contribution in [0, 0.1) is 0 Å². The van der Waals surface area contributed by atoms with Crippen molar-refractivity contribution in [2.75, 3.05) is 26.4 Å². The predicted molar refractivity (Wildman–Crippen MR) is 201 cm³/mol. The van der Waals surface area contributed by atoms with Gasteiger partial charge in [-0.25, -0.2) is 4.57 Å². The van der Waals surface area contributed by atoms with E-state index < -0.39 is 32.5 Å². The Hall–Kier alpha value is -2.03. The average Bonchev–Trinajstić information content (AvgIpc) is 3.08. The molecule has 0 saturated heterocycles. The minimum Gasteiger partial charge on any atom is -0.462 e. The molecule has 0 rings (SSSR count). The molecule has 0 spiro atoms. The van der Waals surface area contributed by atoms with Crippen molar-refractivity contribution >= 4 is 19.8 Å². The van der Waals surface area contributed by atoms with E-state index in [0.29, 0.717) is 12.8 Å². The van der Waals surface area contributed by atoms with E-state index in [1.807, 2.05) is 0 Å². The maximum Gasteiger partial charge on any atom is 0.472 e. The third-order valence-electron chi connectivity index (χ3n) is 7.70. The van der Waals surface area contributed by atoms with E-state index in [4.69, 9.17) is 24.3 Å². The molecule has 1 unspecified atom stereocenters. The van der Waals surface area contributed by atoms with Crippen molar-refractivity contribution < 1.29 is 37.6 Å². The molecular weight excluding hydrogens is 641 g/mol. The largest absolute Gasteiger partial charge is 0.472 e. The second-order valence-corrected chi connectivity index (χ2v) is 13.9. The number of carbonyl (C=O) groups excluding carboxylic acids is 2. The Bertz CT molecular complexity index is 949. The summed E-state index contributed by atoms with van der Waals surface area (Å²) < 4.78 is 32.6. The molecule has 0 aliphatic heterocycles. The van der Waals surface area contributed by atoms with E-state index in [-0.39, 0.29) is 32.6 Å². The Labute approximate surface area is 298 Å². The van der Waals surface area contributed by atoms with E-state index in [9.17, 15) is 19.0 Å². The smallest absolute Gasteiger partial charge is 0.462 e. The highest BCUT2D eigenvalue weighted by molar-refractivity contribution is 7.47. The standard InChI is InChI=1S/C39H70NO8P/c1-3-5-7-9-11-13-15-17-18-20-21-23-25-27-29-31-38(41)45-35-37(36-47-49(43,44)46-34-33-40)48-39(42)32-30-28-26-24-22-19-16-14-12-10-8-6-4-2/h5,7,11,13-14,16-18,37H,3-4,6,8-10,12,15,19-36,40H2,1-2H3,(H,43,44)/t37-/m1/s1. The van der Waals surface area contributed by atoms with Crippen molar-refractivity contribution in [3.05, 3.63) is 48.6 Å². The molecule has 0 saturated carbocycles. The van der Waals surface area contributed by atoms with Gasteiger partial charge >= 0.3 is 19.8 Å². The third kappa shape index (κ3) is 35.6. The van der Waals surface area contributed by atoms with Crippen molar-refractivity contribution in [1.82, 2.24) is 0 Å².